The highest BCUT2D eigenvalue weighted by atomic mass is 16.5. The minimum absolute atomic E-state index is 0.414. The van der Waals surface area contributed by atoms with Crippen molar-refractivity contribution < 1.29 is 9.47 Å². The summed E-state index contributed by atoms with van der Waals surface area (Å²) in [5, 5.41) is 6.89. The van der Waals surface area contributed by atoms with Gasteiger partial charge in [-0.1, -0.05) is 37.3 Å². The average molecular weight is 377 g/mol. The number of guanidine groups is 1. The molecule has 2 atom stereocenters. The predicted octanol–water partition coefficient (Wildman–Crippen LogP) is 2.12. The molecule has 0 radical (unpaired) electrons. The van der Waals surface area contributed by atoms with E-state index in [1.807, 2.05) is 25.2 Å². The van der Waals surface area contributed by atoms with E-state index < -0.39 is 0 Å². The van der Waals surface area contributed by atoms with Gasteiger partial charge in [0.25, 0.3) is 0 Å². The first-order valence-electron chi connectivity index (χ1n) is 10.0. The van der Waals surface area contributed by atoms with Gasteiger partial charge in [0.15, 0.2) is 5.96 Å². The molecule has 0 spiro atoms. The van der Waals surface area contributed by atoms with Gasteiger partial charge >= 0.3 is 0 Å². The lowest BCUT2D eigenvalue weighted by Crippen LogP contribution is -2.46. The molecule has 2 unspecified atom stereocenters. The zero-order valence-corrected chi connectivity index (χ0v) is 17.1. The third-order valence-corrected chi connectivity index (χ3v) is 4.94. The number of benzene rings is 1. The number of hydrogen-bond donors (Lipinski definition) is 2. The van der Waals surface area contributed by atoms with Gasteiger partial charge in [0.2, 0.25) is 0 Å². The number of aliphatic imine (C=N–C) groups is 1. The van der Waals surface area contributed by atoms with Crippen molar-refractivity contribution in [2.75, 3.05) is 53.6 Å². The van der Waals surface area contributed by atoms with E-state index >= 15 is 0 Å². The van der Waals surface area contributed by atoms with Crippen molar-refractivity contribution in [1.29, 1.82) is 0 Å². The van der Waals surface area contributed by atoms with Gasteiger partial charge in [-0.05, 0) is 30.9 Å². The molecule has 2 N–H and O–H groups in total. The maximum atomic E-state index is 5.82. The lowest BCUT2D eigenvalue weighted by Gasteiger charge is -2.25. The molecule has 1 aliphatic heterocycles. The second-order valence-electron chi connectivity index (χ2n) is 7.26. The lowest BCUT2D eigenvalue weighted by molar-refractivity contribution is 0.0931. The summed E-state index contributed by atoms with van der Waals surface area (Å²) < 4.78 is 11.0. The van der Waals surface area contributed by atoms with E-state index in [1.54, 1.807) is 7.11 Å². The van der Waals surface area contributed by atoms with Crippen LogP contribution < -0.4 is 10.6 Å². The molecule has 152 valence electrons. The molecular weight excluding hydrogens is 340 g/mol. The van der Waals surface area contributed by atoms with Crippen molar-refractivity contribution in [3.63, 3.8) is 0 Å². The van der Waals surface area contributed by atoms with E-state index in [4.69, 9.17) is 9.47 Å². The van der Waals surface area contributed by atoms with Crippen LogP contribution in [0.15, 0.2) is 35.3 Å². The summed E-state index contributed by atoms with van der Waals surface area (Å²) in [7, 11) is 3.59. The summed E-state index contributed by atoms with van der Waals surface area (Å²) in [6.45, 7) is 8.30. The Labute approximate surface area is 164 Å². The van der Waals surface area contributed by atoms with Gasteiger partial charge in [-0.3, -0.25) is 9.89 Å². The van der Waals surface area contributed by atoms with Crippen LogP contribution >= 0.6 is 0 Å². The molecular formula is C21H36N4O2. The number of ether oxygens (including phenoxy) is 2. The van der Waals surface area contributed by atoms with E-state index in [1.165, 1.54) is 18.4 Å². The molecule has 1 heterocycles. The maximum Gasteiger partial charge on any atom is 0.191 e. The van der Waals surface area contributed by atoms with Gasteiger partial charge in [-0.2, -0.15) is 0 Å². The number of likely N-dealkylation sites (tertiary alicyclic amines) is 1. The molecule has 1 fully saturated rings. The van der Waals surface area contributed by atoms with Crippen LogP contribution in [0.4, 0.5) is 0 Å². The van der Waals surface area contributed by atoms with Crippen LogP contribution in [0.5, 0.6) is 0 Å². The Morgan fingerprint density at radius 1 is 1.30 bits per heavy atom. The smallest absolute Gasteiger partial charge is 0.191 e. The number of nitrogens with one attached hydrogen (secondary N) is 2. The third kappa shape index (κ3) is 8.28. The lowest BCUT2D eigenvalue weighted by atomic mass is 10.2. The molecule has 0 saturated carbocycles. The Hall–Kier alpha value is -1.63. The van der Waals surface area contributed by atoms with Crippen molar-refractivity contribution in [3.8, 4) is 0 Å². The molecule has 2 rings (SSSR count). The third-order valence-electron chi connectivity index (χ3n) is 4.94. The van der Waals surface area contributed by atoms with Crippen LogP contribution in [0.1, 0.15) is 25.3 Å². The molecule has 1 saturated heterocycles. The van der Waals surface area contributed by atoms with Gasteiger partial charge < -0.3 is 20.1 Å². The summed E-state index contributed by atoms with van der Waals surface area (Å²) >= 11 is 0. The second kappa shape index (κ2) is 12.7. The van der Waals surface area contributed by atoms with E-state index in [2.05, 4.69) is 39.6 Å². The fourth-order valence-electron chi connectivity index (χ4n) is 3.35. The molecule has 27 heavy (non-hydrogen) atoms. The number of nitrogens with zero attached hydrogens (tertiary/aromatic N) is 2. The Balaban J connectivity index is 1.61. The van der Waals surface area contributed by atoms with Gasteiger partial charge in [0, 0.05) is 39.8 Å². The minimum Gasteiger partial charge on any atom is -0.383 e. The largest absolute Gasteiger partial charge is 0.383 e. The molecule has 0 amide bonds. The van der Waals surface area contributed by atoms with Crippen molar-refractivity contribution in [3.05, 3.63) is 35.9 Å². The molecule has 1 aliphatic rings. The van der Waals surface area contributed by atoms with Gasteiger partial charge in [0.1, 0.15) is 0 Å². The minimum atomic E-state index is 0.414. The first-order chi connectivity index (χ1) is 13.2. The SMILES string of the molecule is CN=C(NCC(C)COCc1ccccc1)NCC1CCCN1CCOC. The van der Waals surface area contributed by atoms with Crippen LogP contribution in [0.3, 0.4) is 0 Å². The Morgan fingerprint density at radius 2 is 2.11 bits per heavy atom. The summed E-state index contributed by atoms with van der Waals surface area (Å²) in [6.07, 6.45) is 2.50. The van der Waals surface area contributed by atoms with E-state index in [-0.39, 0.29) is 0 Å². The Bertz CT molecular complexity index is 538. The highest BCUT2D eigenvalue weighted by molar-refractivity contribution is 5.79. The van der Waals surface area contributed by atoms with Crippen LogP contribution in [-0.4, -0.2) is 70.5 Å². The quantitative estimate of drug-likeness (QED) is 0.458. The first-order valence-corrected chi connectivity index (χ1v) is 10.0. The van der Waals surface area contributed by atoms with Crippen molar-refractivity contribution >= 4 is 5.96 Å². The van der Waals surface area contributed by atoms with Gasteiger partial charge in [-0.15, -0.1) is 0 Å². The zero-order chi connectivity index (χ0) is 19.3. The predicted molar refractivity (Wildman–Crippen MR) is 111 cm³/mol. The van der Waals surface area contributed by atoms with Crippen LogP contribution in [-0.2, 0) is 16.1 Å². The number of methoxy groups -OCH3 is 1. The highest BCUT2D eigenvalue weighted by Gasteiger charge is 2.23. The molecule has 1 aromatic rings. The monoisotopic (exact) mass is 376 g/mol. The Morgan fingerprint density at radius 3 is 2.85 bits per heavy atom. The van der Waals surface area contributed by atoms with Crippen molar-refractivity contribution in [2.24, 2.45) is 10.9 Å². The van der Waals surface area contributed by atoms with E-state index in [0.717, 1.165) is 45.4 Å². The standard InChI is InChI=1S/C21H36N4O2/c1-18(16-27-17-19-8-5-4-6-9-19)14-23-21(22-2)24-15-20-10-7-11-25(20)12-13-26-3/h4-6,8-9,18,20H,7,10-17H2,1-3H3,(H2,22,23,24). The maximum absolute atomic E-state index is 5.82. The average Bonchev–Trinajstić information content (AvgIpc) is 3.14. The zero-order valence-electron chi connectivity index (χ0n) is 17.1. The second-order valence-corrected chi connectivity index (χ2v) is 7.26. The number of rotatable bonds is 11. The fourth-order valence-corrected chi connectivity index (χ4v) is 3.35. The van der Waals surface area contributed by atoms with E-state index in [9.17, 15) is 0 Å². The van der Waals surface area contributed by atoms with Gasteiger partial charge in [-0.25, -0.2) is 0 Å². The van der Waals surface area contributed by atoms with Crippen LogP contribution in [0, 0.1) is 5.92 Å². The van der Waals surface area contributed by atoms with E-state index in [0.29, 0.717) is 18.6 Å². The first kappa shape index (κ1) is 21.7. The fraction of sp³-hybridized carbons (Fsp3) is 0.667. The molecule has 6 nitrogen and oxygen atoms in total. The molecule has 1 aromatic carbocycles. The molecule has 6 heteroatoms. The highest BCUT2D eigenvalue weighted by Crippen LogP contribution is 2.15. The summed E-state index contributed by atoms with van der Waals surface area (Å²) in [4.78, 5) is 6.85. The van der Waals surface area contributed by atoms with Crippen LogP contribution in [0.25, 0.3) is 0 Å². The molecule has 0 bridgehead atoms. The van der Waals surface area contributed by atoms with Gasteiger partial charge in [0.05, 0.1) is 19.8 Å². The normalized spacial score (nSPS) is 19.2. The van der Waals surface area contributed by atoms with Crippen molar-refractivity contribution in [2.45, 2.75) is 32.4 Å². The Kier molecular flexibility index (Phi) is 10.2. The van der Waals surface area contributed by atoms with Crippen molar-refractivity contribution in [1.82, 2.24) is 15.5 Å². The summed E-state index contributed by atoms with van der Waals surface area (Å²) in [5.41, 5.74) is 1.21. The van der Waals surface area contributed by atoms with Crippen LogP contribution in [0.2, 0.25) is 0 Å². The summed E-state index contributed by atoms with van der Waals surface area (Å²) in [5.74, 6) is 1.28. The topological polar surface area (TPSA) is 58.1 Å². The summed E-state index contributed by atoms with van der Waals surface area (Å²) in [6, 6.07) is 10.9. The number of hydrogen-bond acceptors (Lipinski definition) is 4. The molecule has 0 aliphatic carbocycles. The molecule has 0 aromatic heterocycles.